The van der Waals surface area contributed by atoms with E-state index in [2.05, 4.69) is 24.2 Å². The average Bonchev–Trinajstić information content (AvgIpc) is 3.09. The molecule has 7 heteroatoms. The highest BCUT2D eigenvalue weighted by molar-refractivity contribution is 6.58. The zero-order chi connectivity index (χ0) is 20.1. The molecule has 146 valence electrons. The van der Waals surface area contributed by atoms with Gasteiger partial charge in [0, 0.05) is 12.1 Å². The maximum atomic E-state index is 12.3. The Bertz CT molecular complexity index is 853. The molecule has 1 heterocycles. The second-order valence-corrected chi connectivity index (χ2v) is 7.43. The maximum Gasteiger partial charge on any atom is 0.488 e. The van der Waals surface area contributed by atoms with Crippen molar-refractivity contribution in [2.24, 2.45) is 10.9 Å². The summed E-state index contributed by atoms with van der Waals surface area (Å²) in [5.41, 5.74) is 3.94. The molecule has 0 saturated heterocycles. The number of nitrogens with one attached hydrogen (secondary N) is 1. The van der Waals surface area contributed by atoms with Crippen LogP contribution in [-0.2, 0) is 17.8 Å². The normalized spacial score (nSPS) is 13.7. The Morgan fingerprint density at radius 2 is 1.96 bits per heavy atom. The predicted molar refractivity (Wildman–Crippen MR) is 110 cm³/mol. The second kappa shape index (κ2) is 9.04. The fourth-order valence-electron chi connectivity index (χ4n) is 3.26. The summed E-state index contributed by atoms with van der Waals surface area (Å²) in [6, 6.07) is 14.5. The molecule has 1 atom stereocenters. The van der Waals surface area contributed by atoms with Gasteiger partial charge in [-0.3, -0.25) is 4.99 Å². The first-order chi connectivity index (χ1) is 13.4. The lowest BCUT2D eigenvalue weighted by Crippen LogP contribution is -2.42. The SMILES string of the molecule is CC(C)C[C@@H](NC(=O)OCc1ccccc1)C1=Nc2ccc(B(O)O)cc2C1. The van der Waals surface area contributed by atoms with Gasteiger partial charge < -0.3 is 20.1 Å². The molecule has 1 aliphatic heterocycles. The highest BCUT2D eigenvalue weighted by Crippen LogP contribution is 2.27. The molecule has 1 amide bonds. The van der Waals surface area contributed by atoms with E-state index in [1.807, 2.05) is 30.3 Å². The third-order valence-electron chi connectivity index (χ3n) is 4.65. The number of hydrogen-bond donors (Lipinski definition) is 3. The molecule has 2 aromatic carbocycles. The minimum atomic E-state index is -1.51. The quantitative estimate of drug-likeness (QED) is 0.643. The van der Waals surface area contributed by atoms with Crippen LogP contribution in [0.4, 0.5) is 10.5 Å². The molecule has 0 bridgehead atoms. The number of carbonyl (C=O) groups is 1. The third kappa shape index (κ3) is 5.21. The van der Waals surface area contributed by atoms with Crippen LogP contribution in [0, 0.1) is 5.92 Å². The van der Waals surface area contributed by atoms with Crippen molar-refractivity contribution in [3.8, 4) is 0 Å². The van der Waals surface area contributed by atoms with Gasteiger partial charge in [-0.15, -0.1) is 0 Å². The highest BCUT2D eigenvalue weighted by atomic mass is 16.5. The molecule has 0 aromatic heterocycles. The largest absolute Gasteiger partial charge is 0.488 e. The smallest absolute Gasteiger partial charge is 0.445 e. The van der Waals surface area contributed by atoms with Crippen LogP contribution in [0.3, 0.4) is 0 Å². The fourth-order valence-corrected chi connectivity index (χ4v) is 3.26. The summed E-state index contributed by atoms with van der Waals surface area (Å²) in [5, 5.41) is 21.7. The van der Waals surface area contributed by atoms with Gasteiger partial charge in [-0.1, -0.05) is 56.3 Å². The van der Waals surface area contributed by atoms with E-state index >= 15 is 0 Å². The van der Waals surface area contributed by atoms with Gasteiger partial charge in [0.15, 0.2) is 0 Å². The molecule has 3 rings (SSSR count). The van der Waals surface area contributed by atoms with E-state index in [9.17, 15) is 14.8 Å². The molecular weight excluding hydrogens is 355 g/mol. The Balaban J connectivity index is 1.66. The molecule has 1 aliphatic rings. The number of fused-ring (bicyclic) bond motifs is 1. The summed E-state index contributed by atoms with van der Waals surface area (Å²) >= 11 is 0. The highest BCUT2D eigenvalue weighted by Gasteiger charge is 2.26. The van der Waals surface area contributed by atoms with Crippen LogP contribution in [0.2, 0.25) is 0 Å². The molecule has 2 aromatic rings. The van der Waals surface area contributed by atoms with E-state index in [1.54, 1.807) is 18.2 Å². The van der Waals surface area contributed by atoms with Crippen molar-refractivity contribution in [1.29, 1.82) is 0 Å². The first kappa shape index (κ1) is 20.1. The molecule has 3 N–H and O–H groups in total. The standard InChI is InChI=1S/C21H25BN2O4/c1-14(2)10-19(24-21(25)28-13-15-6-4-3-5-7-15)20-12-16-11-17(22(26)27)8-9-18(16)23-20/h3-9,11,14,19,26-27H,10,12-13H2,1-2H3,(H,24,25)/t19-/m1/s1. The summed E-state index contributed by atoms with van der Waals surface area (Å²) in [7, 11) is -1.51. The van der Waals surface area contributed by atoms with E-state index in [4.69, 9.17) is 4.74 Å². The number of amides is 1. The maximum absolute atomic E-state index is 12.3. The monoisotopic (exact) mass is 380 g/mol. The minimum Gasteiger partial charge on any atom is -0.445 e. The average molecular weight is 380 g/mol. The molecule has 0 radical (unpaired) electrons. The zero-order valence-corrected chi connectivity index (χ0v) is 16.1. The number of carbonyl (C=O) groups excluding carboxylic acids is 1. The van der Waals surface area contributed by atoms with Gasteiger partial charge in [-0.05, 0) is 35.0 Å². The van der Waals surface area contributed by atoms with Crippen molar-refractivity contribution in [1.82, 2.24) is 5.32 Å². The van der Waals surface area contributed by atoms with Crippen LogP contribution in [0.1, 0.15) is 31.4 Å². The molecule has 28 heavy (non-hydrogen) atoms. The van der Waals surface area contributed by atoms with E-state index < -0.39 is 13.2 Å². The number of ether oxygens (including phenoxy) is 1. The first-order valence-corrected chi connectivity index (χ1v) is 9.46. The van der Waals surface area contributed by atoms with Gasteiger partial charge in [0.05, 0.1) is 11.7 Å². The summed E-state index contributed by atoms with van der Waals surface area (Å²) in [6.07, 6.45) is 0.828. The Morgan fingerprint density at radius 1 is 1.21 bits per heavy atom. The summed E-state index contributed by atoms with van der Waals surface area (Å²) in [5.74, 6) is 0.362. The van der Waals surface area contributed by atoms with E-state index in [-0.39, 0.29) is 12.6 Å². The van der Waals surface area contributed by atoms with Gasteiger partial charge in [-0.25, -0.2) is 4.79 Å². The molecule has 0 fully saturated rings. The lowest BCUT2D eigenvalue weighted by molar-refractivity contribution is 0.137. The first-order valence-electron chi connectivity index (χ1n) is 9.46. The predicted octanol–water partition coefficient (Wildman–Crippen LogP) is 2.34. The summed E-state index contributed by atoms with van der Waals surface area (Å²) in [6.45, 7) is 4.39. The molecule has 0 saturated carbocycles. The Hall–Kier alpha value is -2.64. The Labute approximate surface area is 165 Å². The van der Waals surface area contributed by atoms with Crippen molar-refractivity contribution >= 4 is 30.1 Å². The molecule has 0 spiro atoms. The zero-order valence-electron chi connectivity index (χ0n) is 16.1. The summed E-state index contributed by atoms with van der Waals surface area (Å²) < 4.78 is 5.36. The number of alkyl carbamates (subject to hydrolysis) is 1. The van der Waals surface area contributed by atoms with Crippen LogP contribution in [0.25, 0.3) is 0 Å². The number of rotatable bonds is 7. The van der Waals surface area contributed by atoms with Crippen LogP contribution in [-0.4, -0.2) is 35.0 Å². The van der Waals surface area contributed by atoms with Gasteiger partial charge in [0.1, 0.15) is 6.61 Å². The number of nitrogens with zero attached hydrogens (tertiary/aromatic N) is 1. The lowest BCUT2D eigenvalue weighted by atomic mass is 9.79. The van der Waals surface area contributed by atoms with E-state index in [0.29, 0.717) is 17.8 Å². The second-order valence-electron chi connectivity index (χ2n) is 7.43. The van der Waals surface area contributed by atoms with Gasteiger partial charge in [0.25, 0.3) is 0 Å². The van der Waals surface area contributed by atoms with Crippen LogP contribution in [0.15, 0.2) is 53.5 Å². The van der Waals surface area contributed by atoms with Crippen molar-refractivity contribution in [2.45, 2.75) is 39.3 Å². The van der Waals surface area contributed by atoms with E-state index in [0.717, 1.165) is 28.9 Å². The summed E-state index contributed by atoms with van der Waals surface area (Å²) in [4.78, 5) is 17.0. The Kier molecular flexibility index (Phi) is 6.49. The molecule has 6 nitrogen and oxygen atoms in total. The van der Waals surface area contributed by atoms with Gasteiger partial charge in [-0.2, -0.15) is 0 Å². The van der Waals surface area contributed by atoms with Gasteiger partial charge in [0.2, 0.25) is 0 Å². The van der Waals surface area contributed by atoms with Crippen molar-refractivity contribution < 1.29 is 19.6 Å². The van der Waals surface area contributed by atoms with Crippen molar-refractivity contribution in [3.63, 3.8) is 0 Å². The lowest BCUT2D eigenvalue weighted by Gasteiger charge is -2.20. The van der Waals surface area contributed by atoms with Crippen molar-refractivity contribution in [2.75, 3.05) is 0 Å². The molecule has 0 aliphatic carbocycles. The fraction of sp³-hybridized carbons (Fsp3) is 0.333. The number of aliphatic imine (C=N–C) groups is 1. The van der Waals surface area contributed by atoms with Crippen LogP contribution >= 0.6 is 0 Å². The van der Waals surface area contributed by atoms with Crippen LogP contribution in [0.5, 0.6) is 0 Å². The number of hydrogen-bond acceptors (Lipinski definition) is 5. The topological polar surface area (TPSA) is 91.2 Å². The van der Waals surface area contributed by atoms with Crippen molar-refractivity contribution in [3.05, 3.63) is 59.7 Å². The Morgan fingerprint density at radius 3 is 2.64 bits per heavy atom. The van der Waals surface area contributed by atoms with Gasteiger partial charge >= 0.3 is 13.2 Å². The third-order valence-corrected chi connectivity index (χ3v) is 4.65. The number of benzene rings is 2. The molecule has 0 unspecified atom stereocenters. The molecular formula is C21H25BN2O4. The van der Waals surface area contributed by atoms with Crippen LogP contribution < -0.4 is 10.8 Å². The van der Waals surface area contributed by atoms with E-state index in [1.165, 1.54) is 0 Å². The minimum absolute atomic E-state index is 0.214.